The second kappa shape index (κ2) is 4.75. The average molecular weight is 304 g/mol. The number of H-pyrrole nitrogens is 1. The smallest absolute Gasteiger partial charge is 0.182 e. The van der Waals surface area contributed by atoms with E-state index >= 15 is 0 Å². The fraction of sp³-hybridized carbons (Fsp3) is 0. The summed E-state index contributed by atoms with van der Waals surface area (Å²) in [6.07, 6.45) is 0. The Hall–Kier alpha value is -2.16. The molecule has 2 aromatic carbocycles. The second-order valence-corrected chi connectivity index (χ2v) is 5.00. The van der Waals surface area contributed by atoms with Crippen LogP contribution >= 0.6 is 23.8 Å². The van der Waals surface area contributed by atoms with E-state index < -0.39 is 5.82 Å². The van der Waals surface area contributed by atoms with Crippen LogP contribution in [0.25, 0.3) is 16.7 Å². The van der Waals surface area contributed by atoms with E-state index in [1.165, 1.54) is 12.1 Å². The van der Waals surface area contributed by atoms with Gasteiger partial charge in [0.1, 0.15) is 5.82 Å². The zero-order valence-corrected chi connectivity index (χ0v) is 11.6. The number of hydrogen-bond acceptors (Lipinski definition) is 2. The SMILES string of the molecule is N#Cc1ccc(-n2c(=S)[nH]c3cc(Cl)c(F)cc32)cc1. The van der Waals surface area contributed by atoms with Gasteiger partial charge in [-0.15, -0.1) is 0 Å². The van der Waals surface area contributed by atoms with Gasteiger partial charge in [-0.25, -0.2) is 4.39 Å². The molecule has 0 radical (unpaired) electrons. The molecule has 0 aliphatic heterocycles. The van der Waals surface area contributed by atoms with E-state index in [9.17, 15) is 4.39 Å². The molecule has 0 saturated carbocycles. The summed E-state index contributed by atoms with van der Waals surface area (Å²) in [5.41, 5.74) is 2.56. The molecule has 1 N–H and O–H groups in total. The highest BCUT2D eigenvalue weighted by Crippen LogP contribution is 2.25. The monoisotopic (exact) mass is 303 g/mol. The average Bonchev–Trinajstić information content (AvgIpc) is 2.75. The van der Waals surface area contributed by atoms with Crippen LogP contribution in [0.2, 0.25) is 5.02 Å². The van der Waals surface area contributed by atoms with E-state index in [4.69, 9.17) is 29.1 Å². The van der Waals surface area contributed by atoms with Crippen LogP contribution < -0.4 is 0 Å². The van der Waals surface area contributed by atoms with Gasteiger partial charge in [0.15, 0.2) is 4.77 Å². The minimum absolute atomic E-state index is 0.0423. The van der Waals surface area contributed by atoms with Crippen LogP contribution in [0.5, 0.6) is 0 Å². The lowest BCUT2D eigenvalue weighted by Gasteiger charge is -2.05. The van der Waals surface area contributed by atoms with Crippen molar-refractivity contribution in [2.45, 2.75) is 0 Å². The van der Waals surface area contributed by atoms with Crippen molar-refractivity contribution in [2.75, 3.05) is 0 Å². The number of hydrogen-bond donors (Lipinski definition) is 1. The Morgan fingerprint density at radius 3 is 2.60 bits per heavy atom. The minimum atomic E-state index is -0.504. The number of imidazole rings is 1. The van der Waals surface area contributed by atoms with Gasteiger partial charge in [0.05, 0.1) is 27.7 Å². The van der Waals surface area contributed by atoms with Crippen molar-refractivity contribution in [3.63, 3.8) is 0 Å². The molecule has 1 heterocycles. The first-order chi connectivity index (χ1) is 9.60. The number of aromatic nitrogens is 2. The number of nitriles is 1. The zero-order valence-electron chi connectivity index (χ0n) is 10.0. The van der Waals surface area contributed by atoms with Crippen molar-refractivity contribution in [1.82, 2.24) is 9.55 Å². The van der Waals surface area contributed by atoms with Gasteiger partial charge in [-0.3, -0.25) is 4.57 Å². The Kier molecular flexibility index (Phi) is 3.05. The van der Waals surface area contributed by atoms with Crippen LogP contribution in [0.1, 0.15) is 5.56 Å². The number of fused-ring (bicyclic) bond motifs is 1. The molecule has 98 valence electrons. The lowest BCUT2D eigenvalue weighted by molar-refractivity contribution is 0.629. The molecule has 0 atom stereocenters. The maximum absolute atomic E-state index is 13.6. The standard InChI is InChI=1S/C14H7ClFN3S/c15-10-5-12-13(6-11(10)16)19(14(20)18-12)9-3-1-8(7-17)2-4-9/h1-6H,(H,18,20). The third kappa shape index (κ3) is 1.99. The molecule has 0 unspecified atom stereocenters. The topological polar surface area (TPSA) is 44.5 Å². The number of aromatic amines is 1. The van der Waals surface area contributed by atoms with E-state index in [0.717, 1.165) is 5.69 Å². The molecule has 0 fully saturated rings. The van der Waals surface area contributed by atoms with Gasteiger partial charge in [-0.1, -0.05) is 11.6 Å². The number of rotatable bonds is 1. The highest BCUT2D eigenvalue weighted by atomic mass is 35.5. The number of nitrogens with one attached hydrogen (secondary N) is 1. The van der Waals surface area contributed by atoms with Crippen LogP contribution in [0.4, 0.5) is 4.39 Å². The Morgan fingerprint density at radius 2 is 1.95 bits per heavy atom. The first-order valence-corrected chi connectivity index (χ1v) is 6.49. The number of nitrogens with zero attached hydrogens (tertiary/aromatic N) is 2. The van der Waals surface area contributed by atoms with Crippen LogP contribution in [0, 0.1) is 21.9 Å². The summed E-state index contributed by atoms with van der Waals surface area (Å²) in [4.78, 5) is 2.98. The quantitative estimate of drug-likeness (QED) is 0.679. The van der Waals surface area contributed by atoms with Crippen molar-refractivity contribution in [3.8, 4) is 11.8 Å². The zero-order chi connectivity index (χ0) is 14.3. The largest absolute Gasteiger partial charge is 0.330 e. The molecule has 0 saturated heterocycles. The molecule has 6 heteroatoms. The summed E-state index contributed by atoms with van der Waals surface area (Å²) in [5.74, 6) is -0.504. The highest BCUT2D eigenvalue weighted by Gasteiger charge is 2.10. The Balaban J connectivity index is 2.30. The fourth-order valence-corrected chi connectivity index (χ4v) is 2.52. The minimum Gasteiger partial charge on any atom is -0.330 e. The third-order valence-electron chi connectivity index (χ3n) is 2.98. The summed E-state index contributed by atoms with van der Waals surface area (Å²) < 4.78 is 15.8. The van der Waals surface area contributed by atoms with Crippen LogP contribution in [-0.4, -0.2) is 9.55 Å². The van der Waals surface area contributed by atoms with E-state index in [-0.39, 0.29) is 5.02 Å². The first kappa shape index (κ1) is 12.9. The fourth-order valence-electron chi connectivity index (χ4n) is 2.04. The summed E-state index contributed by atoms with van der Waals surface area (Å²) >= 11 is 11.0. The van der Waals surface area contributed by atoms with Gasteiger partial charge >= 0.3 is 0 Å². The normalized spacial score (nSPS) is 10.7. The molecule has 20 heavy (non-hydrogen) atoms. The predicted octanol–water partition coefficient (Wildman–Crippen LogP) is 4.35. The van der Waals surface area contributed by atoms with Gasteiger partial charge in [0.25, 0.3) is 0 Å². The van der Waals surface area contributed by atoms with Crippen molar-refractivity contribution in [1.29, 1.82) is 5.26 Å². The van der Waals surface area contributed by atoms with Gasteiger partial charge in [-0.2, -0.15) is 5.26 Å². The van der Waals surface area contributed by atoms with Gasteiger partial charge < -0.3 is 4.98 Å². The molecule has 0 bridgehead atoms. The number of benzene rings is 2. The maximum atomic E-state index is 13.6. The second-order valence-electron chi connectivity index (χ2n) is 4.21. The molecular formula is C14H7ClFN3S. The summed E-state index contributed by atoms with van der Waals surface area (Å²) in [5, 5.41) is 8.85. The third-order valence-corrected chi connectivity index (χ3v) is 3.55. The lowest BCUT2D eigenvalue weighted by atomic mass is 10.2. The number of halogens is 2. The van der Waals surface area contributed by atoms with Gasteiger partial charge in [0.2, 0.25) is 0 Å². The van der Waals surface area contributed by atoms with Crippen molar-refractivity contribution in [3.05, 3.63) is 57.6 Å². The summed E-state index contributed by atoms with van der Waals surface area (Å²) in [6, 6.07) is 11.8. The maximum Gasteiger partial charge on any atom is 0.182 e. The Morgan fingerprint density at radius 1 is 1.25 bits per heavy atom. The first-order valence-electron chi connectivity index (χ1n) is 5.70. The molecule has 1 aromatic heterocycles. The van der Waals surface area contributed by atoms with Gasteiger partial charge in [0, 0.05) is 11.8 Å². The van der Waals surface area contributed by atoms with E-state index in [1.807, 2.05) is 6.07 Å². The molecule has 0 aliphatic rings. The molecule has 0 amide bonds. The molecule has 3 nitrogen and oxygen atoms in total. The van der Waals surface area contributed by atoms with Crippen LogP contribution in [0.15, 0.2) is 36.4 Å². The van der Waals surface area contributed by atoms with Crippen molar-refractivity contribution < 1.29 is 4.39 Å². The van der Waals surface area contributed by atoms with Crippen LogP contribution in [-0.2, 0) is 0 Å². The Bertz CT molecular complexity index is 903. The predicted molar refractivity (Wildman–Crippen MR) is 78.1 cm³/mol. The van der Waals surface area contributed by atoms with Gasteiger partial charge in [-0.05, 0) is 42.5 Å². The van der Waals surface area contributed by atoms with E-state index in [2.05, 4.69) is 4.98 Å². The van der Waals surface area contributed by atoms with Crippen molar-refractivity contribution in [2.24, 2.45) is 0 Å². The summed E-state index contributed by atoms with van der Waals surface area (Å²) in [7, 11) is 0. The van der Waals surface area contributed by atoms with E-state index in [1.54, 1.807) is 28.8 Å². The molecular weight excluding hydrogens is 297 g/mol. The van der Waals surface area contributed by atoms with Crippen LogP contribution in [0.3, 0.4) is 0 Å². The molecule has 0 spiro atoms. The Labute approximate surface area is 123 Å². The summed E-state index contributed by atoms with van der Waals surface area (Å²) in [6.45, 7) is 0. The van der Waals surface area contributed by atoms with Crippen molar-refractivity contribution >= 4 is 34.9 Å². The molecule has 3 aromatic rings. The lowest BCUT2D eigenvalue weighted by Crippen LogP contribution is -1.94. The van der Waals surface area contributed by atoms with E-state index in [0.29, 0.717) is 21.4 Å². The highest BCUT2D eigenvalue weighted by molar-refractivity contribution is 7.71. The molecule has 3 rings (SSSR count). The molecule has 0 aliphatic carbocycles.